The third-order valence-electron chi connectivity index (χ3n) is 3.06. The van der Waals surface area contributed by atoms with Gasteiger partial charge in [0.1, 0.15) is 5.82 Å². The van der Waals surface area contributed by atoms with Gasteiger partial charge in [-0.1, -0.05) is 0 Å². The molecular weight excluding hydrogens is 225 g/mol. The summed E-state index contributed by atoms with van der Waals surface area (Å²) in [6, 6.07) is 2.44. The van der Waals surface area contributed by atoms with E-state index in [-0.39, 0.29) is 17.2 Å². The van der Waals surface area contributed by atoms with Gasteiger partial charge in [-0.05, 0) is 36.5 Å². The van der Waals surface area contributed by atoms with Gasteiger partial charge in [-0.15, -0.1) is 0 Å². The molecule has 1 heterocycles. The van der Waals surface area contributed by atoms with Crippen molar-refractivity contribution in [2.45, 2.75) is 18.8 Å². The number of carboxylic acids is 1. The molecule has 1 saturated heterocycles. The summed E-state index contributed by atoms with van der Waals surface area (Å²) in [5.74, 6) is -1.54. The molecule has 0 spiro atoms. The van der Waals surface area contributed by atoms with Gasteiger partial charge < -0.3 is 15.6 Å². The third kappa shape index (κ3) is 2.39. The number of benzene rings is 1. The number of halogens is 1. The quantitative estimate of drug-likeness (QED) is 0.774. The molecule has 0 saturated carbocycles. The molecule has 1 aliphatic heterocycles. The summed E-state index contributed by atoms with van der Waals surface area (Å²) in [4.78, 5) is 10.9. The lowest BCUT2D eigenvalue weighted by atomic mass is 9.90. The molecule has 1 aliphatic rings. The van der Waals surface area contributed by atoms with E-state index in [1.54, 1.807) is 0 Å². The molecule has 17 heavy (non-hydrogen) atoms. The first kappa shape index (κ1) is 11.9. The van der Waals surface area contributed by atoms with Crippen molar-refractivity contribution in [3.05, 3.63) is 29.1 Å². The Kier molecular flexibility index (Phi) is 3.28. The largest absolute Gasteiger partial charge is 0.478 e. The normalized spacial score (nSPS) is 17.0. The van der Waals surface area contributed by atoms with Crippen LogP contribution in [0.25, 0.3) is 0 Å². The second-order valence-electron chi connectivity index (χ2n) is 4.15. The van der Waals surface area contributed by atoms with Crippen LogP contribution in [-0.2, 0) is 4.74 Å². The molecule has 1 aromatic rings. The number of carbonyl (C=O) groups is 1. The topological polar surface area (TPSA) is 72.5 Å². The molecule has 5 heteroatoms. The lowest BCUT2D eigenvalue weighted by Gasteiger charge is -2.23. The maximum atomic E-state index is 13.8. The van der Waals surface area contributed by atoms with Crippen LogP contribution in [-0.4, -0.2) is 24.3 Å². The van der Waals surface area contributed by atoms with Gasteiger partial charge in [-0.3, -0.25) is 0 Å². The first-order chi connectivity index (χ1) is 8.09. The highest BCUT2D eigenvalue weighted by Crippen LogP contribution is 2.31. The molecule has 0 unspecified atom stereocenters. The number of nitrogens with two attached hydrogens (primary N) is 1. The van der Waals surface area contributed by atoms with Gasteiger partial charge in [0.15, 0.2) is 0 Å². The minimum atomic E-state index is -1.13. The zero-order valence-electron chi connectivity index (χ0n) is 9.28. The Labute approximate surface area is 98.2 Å². The van der Waals surface area contributed by atoms with E-state index in [9.17, 15) is 9.18 Å². The van der Waals surface area contributed by atoms with Crippen LogP contribution in [0.2, 0.25) is 0 Å². The number of aromatic carboxylic acids is 1. The van der Waals surface area contributed by atoms with Gasteiger partial charge in [0, 0.05) is 18.9 Å². The van der Waals surface area contributed by atoms with E-state index < -0.39 is 11.8 Å². The SMILES string of the molecule is Nc1cc(F)c(C2CCOCC2)cc1C(=O)O. The number of hydrogen-bond donors (Lipinski definition) is 2. The summed E-state index contributed by atoms with van der Waals surface area (Å²) in [6.45, 7) is 1.16. The zero-order valence-corrected chi connectivity index (χ0v) is 9.28. The third-order valence-corrected chi connectivity index (χ3v) is 3.06. The highest BCUT2D eigenvalue weighted by molar-refractivity contribution is 5.93. The zero-order chi connectivity index (χ0) is 12.4. The molecule has 2 rings (SSSR count). The Bertz CT molecular complexity index is 442. The monoisotopic (exact) mass is 239 g/mol. The van der Waals surface area contributed by atoms with Crippen molar-refractivity contribution in [2.24, 2.45) is 0 Å². The molecule has 1 aromatic carbocycles. The molecule has 0 atom stereocenters. The molecule has 4 nitrogen and oxygen atoms in total. The number of nitrogen functional groups attached to an aromatic ring is 1. The standard InChI is InChI=1S/C12H14FNO3/c13-10-6-11(14)9(12(15)16)5-8(10)7-1-3-17-4-2-7/h5-7H,1-4,14H2,(H,15,16). The Hall–Kier alpha value is -1.62. The van der Waals surface area contributed by atoms with E-state index in [2.05, 4.69) is 0 Å². The van der Waals surface area contributed by atoms with E-state index in [0.29, 0.717) is 31.6 Å². The first-order valence-electron chi connectivity index (χ1n) is 5.49. The Morgan fingerprint density at radius 3 is 2.65 bits per heavy atom. The van der Waals surface area contributed by atoms with Crippen LogP contribution in [0.1, 0.15) is 34.7 Å². The van der Waals surface area contributed by atoms with Crippen molar-refractivity contribution in [3.8, 4) is 0 Å². The van der Waals surface area contributed by atoms with Crippen molar-refractivity contribution in [1.82, 2.24) is 0 Å². The fourth-order valence-electron chi connectivity index (χ4n) is 2.11. The predicted molar refractivity (Wildman–Crippen MR) is 60.6 cm³/mol. The second-order valence-corrected chi connectivity index (χ2v) is 4.15. The molecule has 1 fully saturated rings. The molecule has 0 radical (unpaired) electrons. The van der Waals surface area contributed by atoms with Crippen LogP contribution in [0.5, 0.6) is 0 Å². The number of hydrogen-bond acceptors (Lipinski definition) is 3. The van der Waals surface area contributed by atoms with Gasteiger partial charge in [-0.2, -0.15) is 0 Å². The van der Waals surface area contributed by atoms with Crippen molar-refractivity contribution in [3.63, 3.8) is 0 Å². The van der Waals surface area contributed by atoms with E-state index >= 15 is 0 Å². The van der Waals surface area contributed by atoms with Gasteiger partial charge in [0.2, 0.25) is 0 Å². The van der Waals surface area contributed by atoms with E-state index in [1.807, 2.05) is 0 Å². The van der Waals surface area contributed by atoms with E-state index in [1.165, 1.54) is 6.07 Å². The first-order valence-corrected chi connectivity index (χ1v) is 5.49. The average Bonchev–Trinajstić information content (AvgIpc) is 2.29. The molecule has 3 N–H and O–H groups in total. The highest BCUT2D eigenvalue weighted by atomic mass is 19.1. The molecule has 92 valence electrons. The Balaban J connectivity index is 2.38. The molecule has 0 aliphatic carbocycles. The van der Waals surface area contributed by atoms with E-state index in [0.717, 1.165) is 6.07 Å². The smallest absolute Gasteiger partial charge is 0.337 e. The molecule has 0 amide bonds. The minimum absolute atomic E-state index is 0.0162. The molecular formula is C12H14FNO3. The number of ether oxygens (including phenoxy) is 1. The predicted octanol–water partition coefficient (Wildman–Crippen LogP) is 2.00. The Morgan fingerprint density at radius 2 is 2.06 bits per heavy atom. The minimum Gasteiger partial charge on any atom is -0.478 e. The van der Waals surface area contributed by atoms with Crippen LogP contribution in [0.15, 0.2) is 12.1 Å². The summed E-state index contributed by atoms with van der Waals surface area (Å²) < 4.78 is 19.0. The van der Waals surface area contributed by atoms with Crippen LogP contribution in [0.4, 0.5) is 10.1 Å². The lowest BCUT2D eigenvalue weighted by Crippen LogP contribution is -2.16. The fraction of sp³-hybridized carbons (Fsp3) is 0.417. The van der Waals surface area contributed by atoms with Crippen LogP contribution in [0.3, 0.4) is 0 Å². The summed E-state index contributed by atoms with van der Waals surface area (Å²) in [5, 5.41) is 8.95. The fourth-order valence-corrected chi connectivity index (χ4v) is 2.11. The summed E-state index contributed by atoms with van der Waals surface area (Å²) in [5.41, 5.74) is 5.84. The number of rotatable bonds is 2. The van der Waals surface area contributed by atoms with Crippen LogP contribution >= 0.6 is 0 Å². The average molecular weight is 239 g/mol. The maximum absolute atomic E-state index is 13.8. The highest BCUT2D eigenvalue weighted by Gasteiger charge is 2.22. The van der Waals surface area contributed by atoms with Gasteiger partial charge >= 0.3 is 5.97 Å². The molecule has 0 aromatic heterocycles. The molecule has 0 bridgehead atoms. The summed E-state index contributed by atoms with van der Waals surface area (Å²) >= 11 is 0. The van der Waals surface area contributed by atoms with Gasteiger partial charge in [0.05, 0.1) is 5.56 Å². The van der Waals surface area contributed by atoms with E-state index in [4.69, 9.17) is 15.6 Å². The summed E-state index contributed by atoms with van der Waals surface area (Å²) in [7, 11) is 0. The van der Waals surface area contributed by atoms with Crippen LogP contribution in [0, 0.1) is 5.82 Å². The van der Waals surface area contributed by atoms with Crippen molar-refractivity contribution in [1.29, 1.82) is 0 Å². The lowest BCUT2D eigenvalue weighted by molar-refractivity contribution is 0.0697. The summed E-state index contributed by atoms with van der Waals surface area (Å²) in [6.07, 6.45) is 1.42. The number of anilines is 1. The second kappa shape index (κ2) is 4.71. The van der Waals surface area contributed by atoms with Gasteiger partial charge in [0.25, 0.3) is 0 Å². The van der Waals surface area contributed by atoms with Crippen LogP contribution < -0.4 is 5.73 Å². The van der Waals surface area contributed by atoms with Crippen molar-refractivity contribution < 1.29 is 19.0 Å². The maximum Gasteiger partial charge on any atom is 0.337 e. The Morgan fingerprint density at radius 1 is 1.41 bits per heavy atom. The van der Waals surface area contributed by atoms with Gasteiger partial charge in [-0.25, -0.2) is 9.18 Å². The number of carboxylic acid groups (broad SMARTS) is 1. The van der Waals surface area contributed by atoms with Crippen molar-refractivity contribution >= 4 is 11.7 Å². The van der Waals surface area contributed by atoms with Crippen molar-refractivity contribution in [2.75, 3.05) is 18.9 Å².